The molecule has 2 aromatic rings. The van der Waals surface area contributed by atoms with E-state index in [1.165, 1.54) is 6.08 Å². The van der Waals surface area contributed by atoms with Crippen LogP contribution in [0.3, 0.4) is 0 Å². The van der Waals surface area contributed by atoms with Crippen molar-refractivity contribution >= 4 is 17.8 Å². The molecule has 0 atom stereocenters. The molecule has 1 heterocycles. The van der Waals surface area contributed by atoms with Gasteiger partial charge in [0.05, 0.1) is 0 Å². The van der Waals surface area contributed by atoms with Gasteiger partial charge in [-0.15, -0.1) is 0 Å². The topological polar surface area (TPSA) is 42.0 Å². The van der Waals surface area contributed by atoms with Crippen LogP contribution in [0.2, 0.25) is 0 Å². The van der Waals surface area contributed by atoms with Crippen LogP contribution >= 0.6 is 0 Å². The first-order valence-electron chi connectivity index (χ1n) is 5.71. The number of anilines is 1. The number of aromatic nitrogens is 1. The Morgan fingerprint density at radius 3 is 2.61 bits per heavy atom. The minimum Gasteiger partial charge on any atom is -0.307 e. The van der Waals surface area contributed by atoms with Crippen LogP contribution < -0.4 is 5.32 Å². The van der Waals surface area contributed by atoms with E-state index in [2.05, 4.69) is 10.3 Å². The van der Waals surface area contributed by atoms with Crippen molar-refractivity contribution in [1.82, 2.24) is 4.98 Å². The summed E-state index contributed by atoms with van der Waals surface area (Å²) in [5.41, 5.74) is 2.05. The molecule has 0 spiro atoms. The predicted octanol–water partition coefficient (Wildman–Crippen LogP) is 3.04. The molecule has 0 bridgehead atoms. The van der Waals surface area contributed by atoms with Crippen LogP contribution in [0.4, 0.5) is 5.82 Å². The Hall–Kier alpha value is -2.42. The second kappa shape index (κ2) is 5.77. The number of carbonyl (C=O) groups excluding carboxylic acids is 1. The SMILES string of the molecule is Cc1ccc(NC(=O)/C=C/c2ccccc2)nc1. The Bertz CT molecular complexity index is 544. The number of amides is 1. The van der Waals surface area contributed by atoms with Crippen molar-refractivity contribution in [3.8, 4) is 0 Å². The lowest BCUT2D eigenvalue weighted by atomic mass is 10.2. The molecule has 1 amide bonds. The van der Waals surface area contributed by atoms with Crippen LogP contribution in [0, 0.1) is 6.92 Å². The largest absolute Gasteiger partial charge is 0.307 e. The van der Waals surface area contributed by atoms with Gasteiger partial charge < -0.3 is 5.32 Å². The van der Waals surface area contributed by atoms with E-state index < -0.39 is 0 Å². The maximum atomic E-state index is 11.6. The Kier molecular flexibility index (Phi) is 3.86. The lowest BCUT2D eigenvalue weighted by Crippen LogP contribution is -2.08. The average molecular weight is 238 g/mol. The highest BCUT2D eigenvalue weighted by Crippen LogP contribution is 2.05. The molecule has 2 rings (SSSR count). The molecule has 3 nitrogen and oxygen atoms in total. The number of benzene rings is 1. The van der Waals surface area contributed by atoms with E-state index in [1.807, 2.05) is 43.3 Å². The molecule has 18 heavy (non-hydrogen) atoms. The molecule has 0 aliphatic carbocycles. The average Bonchev–Trinajstić information content (AvgIpc) is 2.40. The lowest BCUT2D eigenvalue weighted by molar-refractivity contribution is -0.111. The smallest absolute Gasteiger partial charge is 0.249 e. The summed E-state index contributed by atoms with van der Waals surface area (Å²) in [7, 11) is 0. The number of carbonyl (C=O) groups is 1. The van der Waals surface area contributed by atoms with Gasteiger partial charge in [0.15, 0.2) is 0 Å². The Balaban J connectivity index is 1.97. The van der Waals surface area contributed by atoms with Crippen molar-refractivity contribution in [2.75, 3.05) is 5.32 Å². The molecule has 0 radical (unpaired) electrons. The standard InChI is InChI=1S/C15H14N2O/c1-12-7-9-14(16-11-12)17-15(18)10-8-13-5-3-2-4-6-13/h2-11H,1H3,(H,16,17,18)/b10-8+. The van der Waals surface area contributed by atoms with E-state index in [9.17, 15) is 4.79 Å². The molecule has 1 aromatic carbocycles. The van der Waals surface area contributed by atoms with E-state index in [0.29, 0.717) is 5.82 Å². The first kappa shape index (κ1) is 12.0. The fourth-order valence-corrected chi connectivity index (χ4v) is 1.45. The molecule has 90 valence electrons. The summed E-state index contributed by atoms with van der Waals surface area (Å²) < 4.78 is 0. The van der Waals surface area contributed by atoms with Crippen LogP contribution in [0.25, 0.3) is 6.08 Å². The second-order valence-corrected chi connectivity index (χ2v) is 3.95. The van der Waals surface area contributed by atoms with Crippen molar-refractivity contribution < 1.29 is 4.79 Å². The van der Waals surface area contributed by atoms with Crippen LogP contribution in [-0.2, 0) is 4.79 Å². The van der Waals surface area contributed by atoms with Crippen molar-refractivity contribution in [2.45, 2.75) is 6.92 Å². The zero-order valence-electron chi connectivity index (χ0n) is 10.1. The monoisotopic (exact) mass is 238 g/mol. The maximum Gasteiger partial charge on any atom is 0.249 e. The van der Waals surface area contributed by atoms with Crippen molar-refractivity contribution in [3.05, 3.63) is 65.9 Å². The van der Waals surface area contributed by atoms with Gasteiger partial charge in [0.1, 0.15) is 5.82 Å². The predicted molar refractivity (Wildman–Crippen MR) is 73.1 cm³/mol. The summed E-state index contributed by atoms with van der Waals surface area (Å²) in [6.45, 7) is 1.95. The lowest BCUT2D eigenvalue weighted by Gasteiger charge is -2.00. The minimum absolute atomic E-state index is 0.185. The molecule has 0 unspecified atom stereocenters. The summed E-state index contributed by atoms with van der Waals surface area (Å²) in [4.78, 5) is 15.7. The maximum absolute atomic E-state index is 11.6. The fourth-order valence-electron chi connectivity index (χ4n) is 1.45. The van der Waals surface area contributed by atoms with E-state index in [1.54, 1.807) is 18.3 Å². The molecule has 1 N–H and O–H groups in total. The molecule has 0 saturated carbocycles. The highest BCUT2D eigenvalue weighted by Gasteiger charge is 1.98. The van der Waals surface area contributed by atoms with Gasteiger partial charge in [-0.2, -0.15) is 0 Å². The first-order chi connectivity index (χ1) is 8.74. The van der Waals surface area contributed by atoms with Crippen molar-refractivity contribution in [2.24, 2.45) is 0 Å². The van der Waals surface area contributed by atoms with E-state index >= 15 is 0 Å². The molecule has 0 saturated heterocycles. The molecule has 0 aliphatic heterocycles. The van der Waals surface area contributed by atoms with Crippen molar-refractivity contribution in [1.29, 1.82) is 0 Å². The number of hydrogen-bond donors (Lipinski definition) is 1. The second-order valence-electron chi connectivity index (χ2n) is 3.95. The zero-order valence-corrected chi connectivity index (χ0v) is 10.1. The van der Waals surface area contributed by atoms with Gasteiger partial charge in [0.25, 0.3) is 0 Å². The van der Waals surface area contributed by atoms with E-state index in [-0.39, 0.29) is 5.91 Å². The summed E-state index contributed by atoms with van der Waals surface area (Å²) >= 11 is 0. The summed E-state index contributed by atoms with van der Waals surface area (Å²) in [6.07, 6.45) is 4.98. The third-order valence-corrected chi connectivity index (χ3v) is 2.39. The van der Waals surface area contributed by atoms with Gasteiger partial charge in [0.2, 0.25) is 5.91 Å². The van der Waals surface area contributed by atoms with E-state index in [4.69, 9.17) is 0 Å². The van der Waals surface area contributed by atoms with Gasteiger partial charge in [-0.3, -0.25) is 4.79 Å². The third kappa shape index (κ3) is 3.56. The molecule has 3 heteroatoms. The minimum atomic E-state index is -0.185. The number of aryl methyl sites for hydroxylation is 1. The number of nitrogens with one attached hydrogen (secondary N) is 1. The number of rotatable bonds is 3. The quantitative estimate of drug-likeness (QED) is 0.835. The van der Waals surface area contributed by atoms with Crippen LogP contribution in [0.1, 0.15) is 11.1 Å². The number of nitrogens with zero attached hydrogens (tertiary/aromatic N) is 1. The number of pyridine rings is 1. The normalized spacial score (nSPS) is 10.5. The Labute approximate surface area is 106 Å². The Morgan fingerprint density at radius 2 is 1.94 bits per heavy atom. The molecule has 0 aliphatic rings. The van der Waals surface area contributed by atoms with Gasteiger partial charge in [-0.25, -0.2) is 4.98 Å². The molecular formula is C15H14N2O. The molecule has 0 fully saturated rings. The highest BCUT2D eigenvalue weighted by molar-refractivity contribution is 6.01. The van der Waals surface area contributed by atoms with Gasteiger partial charge in [-0.05, 0) is 30.2 Å². The molecular weight excluding hydrogens is 224 g/mol. The van der Waals surface area contributed by atoms with Gasteiger partial charge in [-0.1, -0.05) is 36.4 Å². The van der Waals surface area contributed by atoms with E-state index in [0.717, 1.165) is 11.1 Å². The molecule has 1 aromatic heterocycles. The summed E-state index contributed by atoms with van der Waals surface area (Å²) in [5, 5.41) is 2.70. The highest BCUT2D eigenvalue weighted by atomic mass is 16.1. The zero-order chi connectivity index (χ0) is 12.8. The Morgan fingerprint density at radius 1 is 1.17 bits per heavy atom. The summed E-state index contributed by atoms with van der Waals surface area (Å²) in [6, 6.07) is 13.4. The third-order valence-electron chi connectivity index (χ3n) is 2.39. The van der Waals surface area contributed by atoms with Crippen molar-refractivity contribution in [3.63, 3.8) is 0 Å². The number of hydrogen-bond acceptors (Lipinski definition) is 2. The van der Waals surface area contributed by atoms with Crippen LogP contribution in [0.5, 0.6) is 0 Å². The van der Waals surface area contributed by atoms with Gasteiger partial charge >= 0.3 is 0 Å². The van der Waals surface area contributed by atoms with Crippen LogP contribution in [0.15, 0.2) is 54.7 Å². The summed E-state index contributed by atoms with van der Waals surface area (Å²) in [5.74, 6) is 0.374. The first-order valence-corrected chi connectivity index (χ1v) is 5.71. The van der Waals surface area contributed by atoms with Crippen LogP contribution in [-0.4, -0.2) is 10.9 Å². The van der Waals surface area contributed by atoms with Gasteiger partial charge in [0, 0.05) is 12.3 Å². The fraction of sp³-hybridized carbons (Fsp3) is 0.0667.